The molecule has 1 N–H and O–H groups in total. The lowest BCUT2D eigenvalue weighted by molar-refractivity contribution is 0.413. The molecular formula is C15H14FNO. The first-order valence-electron chi connectivity index (χ1n) is 5.94. The van der Waals surface area contributed by atoms with Crippen molar-refractivity contribution in [1.29, 1.82) is 0 Å². The first-order chi connectivity index (χ1) is 8.79. The zero-order valence-electron chi connectivity index (χ0n) is 10.1. The minimum atomic E-state index is -0.148. The predicted molar refractivity (Wildman–Crippen MR) is 68.1 cm³/mol. The summed E-state index contributed by atoms with van der Waals surface area (Å²) in [5.41, 5.74) is 2.81. The standard InChI is InChI=1S/C15H14FNO/c1-18-12-6-2-4-10(8-12)15-14-11(9-17-15)5-3-7-13(14)16/h2-8,15,17H,9H2,1H3. The summed E-state index contributed by atoms with van der Waals surface area (Å²) < 4.78 is 19.1. The molecule has 3 rings (SSSR count). The van der Waals surface area contributed by atoms with Gasteiger partial charge in [-0.15, -0.1) is 0 Å². The van der Waals surface area contributed by atoms with E-state index in [0.29, 0.717) is 6.54 Å². The van der Waals surface area contributed by atoms with Gasteiger partial charge in [0.15, 0.2) is 0 Å². The van der Waals surface area contributed by atoms with Crippen molar-refractivity contribution in [2.45, 2.75) is 12.6 Å². The van der Waals surface area contributed by atoms with Crippen LogP contribution in [0.3, 0.4) is 0 Å². The normalized spacial score (nSPS) is 17.6. The van der Waals surface area contributed by atoms with E-state index in [1.165, 1.54) is 6.07 Å². The highest BCUT2D eigenvalue weighted by Gasteiger charge is 2.26. The molecule has 92 valence electrons. The maximum absolute atomic E-state index is 13.9. The molecule has 2 aromatic rings. The SMILES string of the molecule is COc1cccc(C2NCc3cccc(F)c32)c1. The van der Waals surface area contributed by atoms with E-state index in [1.54, 1.807) is 13.2 Å². The Morgan fingerprint density at radius 3 is 2.89 bits per heavy atom. The van der Waals surface area contributed by atoms with E-state index in [9.17, 15) is 4.39 Å². The van der Waals surface area contributed by atoms with Crippen molar-refractivity contribution >= 4 is 0 Å². The zero-order valence-corrected chi connectivity index (χ0v) is 10.1. The molecule has 1 heterocycles. The molecule has 1 aliphatic heterocycles. The third-order valence-electron chi connectivity index (χ3n) is 3.36. The number of halogens is 1. The fourth-order valence-electron chi connectivity index (χ4n) is 2.48. The van der Waals surface area contributed by atoms with Gasteiger partial charge in [-0.05, 0) is 29.3 Å². The van der Waals surface area contributed by atoms with Crippen LogP contribution in [0.15, 0.2) is 42.5 Å². The van der Waals surface area contributed by atoms with Gasteiger partial charge in [-0.3, -0.25) is 0 Å². The quantitative estimate of drug-likeness (QED) is 0.875. The molecule has 1 aliphatic rings. The lowest BCUT2D eigenvalue weighted by atomic mass is 9.98. The average molecular weight is 243 g/mol. The summed E-state index contributed by atoms with van der Waals surface area (Å²) >= 11 is 0. The van der Waals surface area contributed by atoms with Crippen LogP contribution in [0.1, 0.15) is 22.7 Å². The van der Waals surface area contributed by atoms with Crippen molar-refractivity contribution in [3.05, 3.63) is 65.0 Å². The van der Waals surface area contributed by atoms with Crippen molar-refractivity contribution in [2.75, 3.05) is 7.11 Å². The number of rotatable bonds is 2. The predicted octanol–water partition coefficient (Wildman–Crippen LogP) is 3.03. The van der Waals surface area contributed by atoms with Crippen LogP contribution in [0.5, 0.6) is 5.75 Å². The Hall–Kier alpha value is -1.87. The fraction of sp³-hybridized carbons (Fsp3) is 0.200. The Balaban J connectivity index is 2.05. The van der Waals surface area contributed by atoms with Crippen LogP contribution in [0, 0.1) is 5.82 Å². The fourth-order valence-corrected chi connectivity index (χ4v) is 2.48. The summed E-state index contributed by atoms with van der Waals surface area (Å²) in [7, 11) is 1.63. The second-order valence-corrected chi connectivity index (χ2v) is 4.40. The first kappa shape index (κ1) is 11.2. The number of nitrogens with one attached hydrogen (secondary N) is 1. The second-order valence-electron chi connectivity index (χ2n) is 4.40. The summed E-state index contributed by atoms with van der Waals surface area (Å²) in [6.07, 6.45) is 0. The second kappa shape index (κ2) is 4.42. The highest BCUT2D eigenvalue weighted by atomic mass is 19.1. The largest absolute Gasteiger partial charge is 0.497 e. The van der Waals surface area contributed by atoms with Crippen LogP contribution in [-0.2, 0) is 6.54 Å². The first-order valence-corrected chi connectivity index (χ1v) is 5.94. The summed E-state index contributed by atoms with van der Waals surface area (Å²) in [5.74, 6) is 0.643. The summed E-state index contributed by atoms with van der Waals surface area (Å²) in [6.45, 7) is 0.703. The molecular weight excluding hydrogens is 229 g/mol. The summed E-state index contributed by atoms with van der Waals surface area (Å²) in [4.78, 5) is 0. The minimum absolute atomic E-state index is 0.0868. The Morgan fingerprint density at radius 2 is 2.06 bits per heavy atom. The van der Waals surface area contributed by atoms with E-state index in [1.807, 2.05) is 30.3 Å². The number of hydrogen-bond donors (Lipinski definition) is 1. The van der Waals surface area contributed by atoms with Crippen molar-refractivity contribution in [3.8, 4) is 5.75 Å². The zero-order chi connectivity index (χ0) is 12.5. The molecule has 1 unspecified atom stereocenters. The lowest BCUT2D eigenvalue weighted by Gasteiger charge is -2.14. The molecule has 0 saturated carbocycles. The molecule has 0 bridgehead atoms. The van der Waals surface area contributed by atoms with Crippen LogP contribution in [0.25, 0.3) is 0 Å². The van der Waals surface area contributed by atoms with Gasteiger partial charge in [-0.2, -0.15) is 0 Å². The summed E-state index contributed by atoms with van der Waals surface area (Å²) in [6, 6.07) is 12.9. The summed E-state index contributed by atoms with van der Waals surface area (Å²) in [5, 5.41) is 3.33. The molecule has 18 heavy (non-hydrogen) atoms. The van der Waals surface area contributed by atoms with E-state index >= 15 is 0 Å². The molecule has 0 spiro atoms. The number of methoxy groups -OCH3 is 1. The highest BCUT2D eigenvalue weighted by Crippen LogP contribution is 2.33. The van der Waals surface area contributed by atoms with Crippen LogP contribution in [0.2, 0.25) is 0 Å². The van der Waals surface area contributed by atoms with Crippen LogP contribution < -0.4 is 10.1 Å². The third kappa shape index (κ3) is 1.77. The smallest absolute Gasteiger partial charge is 0.128 e. The van der Waals surface area contributed by atoms with Gasteiger partial charge in [0.2, 0.25) is 0 Å². The van der Waals surface area contributed by atoms with Gasteiger partial charge in [0.05, 0.1) is 13.2 Å². The molecule has 0 amide bonds. The Labute approximate surface area is 105 Å². The van der Waals surface area contributed by atoms with Crippen molar-refractivity contribution in [3.63, 3.8) is 0 Å². The molecule has 2 aromatic carbocycles. The molecule has 0 aromatic heterocycles. The number of hydrogen-bond acceptors (Lipinski definition) is 2. The maximum Gasteiger partial charge on any atom is 0.128 e. The van der Waals surface area contributed by atoms with Gasteiger partial charge < -0.3 is 10.1 Å². The van der Waals surface area contributed by atoms with E-state index in [-0.39, 0.29) is 11.9 Å². The van der Waals surface area contributed by atoms with Crippen LogP contribution in [0.4, 0.5) is 4.39 Å². The van der Waals surface area contributed by atoms with E-state index < -0.39 is 0 Å². The van der Waals surface area contributed by atoms with E-state index in [0.717, 1.165) is 22.4 Å². The van der Waals surface area contributed by atoms with Crippen LogP contribution >= 0.6 is 0 Å². The Kier molecular flexibility index (Phi) is 2.76. The van der Waals surface area contributed by atoms with Gasteiger partial charge >= 0.3 is 0 Å². The molecule has 2 nitrogen and oxygen atoms in total. The van der Waals surface area contributed by atoms with Gasteiger partial charge in [0.1, 0.15) is 11.6 Å². The number of fused-ring (bicyclic) bond motifs is 1. The molecule has 0 fully saturated rings. The molecule has 0 saturated heterocycles. The van der Waals surface area contributed by atoms with Crippen LogP contribution in [-0.4, -0.2) is 7.11 Å². The van der Waals surface area contributed by atoms with Gasteiger partial charge in [-0.25, -0.2) is 4.39 Å². The van der Waals surface area contributed by atoms with Gasteiger partial charge in [-0.1, -0.05) is 24.3 Å². The highest BCUT2D eigenvalue weighted by molar-refractivity contribution is 5.43. The Bertz CT molecular complexity index is 582. The average Bonchev–Trinajstić information content (AvgIpc) is 2.84. The van der Waals surface area contributed by atoms with Crippen molar-refractivity contribution < 1.29 is 9.13 Å². The monoisotopic (exact) mass is 243 g/mol. The van der Waals surface area contributed by atoms with Gasteiger partial charge in [0.25, 0.3) is 0 Å². The topological polar surface area (TPSA) is 21.3 Å². The third-order valence-corrected chi connectivity index (χ3v) is 3.36. The van der Waals surface area contributed by atoms with Crippen molar-refractivity contribution in [1.82, 2.24) is 5.32 Å². The van der Waals surface area contributed by atoms with Crippen molar-refractivity contribution in [2.24, 2.45) is 0 Å². The minimum Gasteiger partial charge on any atom is -0.497 e. The number of ether oxygens (including phenoxy) is 1. The lowest BCUT2D eigenvalue weighted by Crippen LogP contribution is -2.14. The van der Waals surface area contributed by atoms with E-state index in [4.69, 9.17) is 4.74 Å². The molecule has 0 aliphatic carbocycles. The molecule has 3 heteroatoms. The number of benzene rings is 2. The molecule has 1 atom stereocenters. The molecule has 0 radical (unpaired) electrons. The Morgan fingerprint density at radius 1 is 1.22 bits per heavy atom. The maximum atomic E-state index is 13.9. The van der Waals surface area contributed by atoms with E-state index in [2.05, 4.69) is 5.32 Å². The van der Waals surface area contributed by atoms with Gasteiger partial charge in [0, 0.05) is 12.1 Å².